The molecular formula is C17H28N2O4. The van der Waals surface area contributed by atoms with Gasteiger partial charge in [0.05, 0.1) is 0 Å². The predicted octanol–water partition coefficient (Wildman–Crippen LogP) is 1.38. The first-order chi connectivity index (χ1) is 10.9. The van der Waals surface area contributed by atoms with Gasteiger partial charge in [-0.2, -0.15) is 0 Å². The van der Waals surface area contributed by atoms with Crippen LogP contribution in [0, 0.1) is 17.8 Å². The van der Waals surface area contributed by atoms with Crippen LogP contribution in [0.5, 0.6) is 0 Å². The molecule has 3 rings (SSSR count). The van der Waals surface area contributed by atoms with E-state index in [2.05, 4.69) is 35.8 Å². The van der Waals surface area contributed by atoms with Gasteiger partial charge in [0.15, 0.2) is 0 Å². The molecule has 2 N–H and O–H groups in total. The second-order valence-corrected chi connectivity index (χ2v) is 7.08. The number of hydrogen-bond donors (Lipinski definition) is 2. The summed E-state index contributed by atoms with van der Waals surface area (Å²) >= 11 is 0. The Hall–Kier alpha value is -1.40. The summed E-state index contributed by atoms with van der Waals surface area (Å²) in [6.07, 6.45) is 7.86. The Morgan fingerprint density at radius 2 is 1.65 bits per heavy atom. The number of piperazine rings is 1. The molecule has 6 nitrogen and oxygen atoms in total. The molecule has 3 unspecified atom stereocenters. The molecule has 3 aliphatic rings. The summed E-state index contributed by atoms with van der Waals surface area (Å²) in [5.41, 5.74) is 0. The molecule has 0 spiro atoms. The molecule has 1 saturated heterocycles. The first-order valence-corrected chi connectivity index (χ1v) is 8.47. The minimum absolute atomic E-state index is 0.725. The van der Waals surface area contributed by atoms with Gasteiger partial charge in [-0.05, 0) is 44.4 Å². The quantitative estimate of drug-likeness (QED) is 0.603. The predicted molar refractivity (Wildman–Crippen MR) is 87.3 cm³/mol. The summed E-state index contributed by atoms with van der Waals surface area (Å²) in [4.78, 5) is 23.5. The van der Waals surface area contributed by atoms with Gasteiger partial charge >= 0.3 is 11.9 Å². The van der Waals surface area contributed by atoms with E-state index >= 15 is 0 Å². The molecule has 130 valence electrons. The number of nitrogens with zero attached hydrogens (tertiary/aromatic N) is 2. The molecule has 1 heterocycles. The lowest BCUT2D eigenvalue weighted by molar-refractivity contribution is -0.159. The Labute approximate surface area is 137 Å². The molecular weight excluding hydrogens is 296 g/mol. The van der Waals surface area contributed by atoms with Crippen molar-refractivity contribution in [2.24, 2.45) is 17.8 Å². The van der Waals surface area contributed by atoms with E-state index in [0.717, 1.165) is 23.8 Å². The number of carboxylic acids is 2. The lowest BCUT2D eigenvalue weighted by Gasteiger charge is -2.38. The van der Waals surface area contributed by atoms with Gasteiger partial charge in [-0.25, -0.2) is 9.59 Å². The molecule has 0 aromatic carbocycles. The number of allylic oxidation sites excluding steroid dienone is 2. The minimum Gasteiger partial charge on any atom is -0.473 e. The third-order valence-corrected chi connectivity index (χ3v) is 5.23. The normalized spacial score (nSPS) is 30.3. The molecule has 3 atom stereocenters. The summed E-state index contributed by atoms with van der Waals surface area (Å²) in [7, 11) is 0. The van der Waals surface area contributed by atoms with Crippen molar-refractivity contribution in [2.45, 2.75) is 32.7 Å². The molecule has 23 heavy (non-hydrogen) atoms. The average Bonchev–Trinajstić information content (AvgIpc) is 3.11. The first kappa shape index (κ1) is 17.9. The van der Waals surface area contributed by atoms with Gasteiger partial charge in [0, 0.05) is 38.8 Å². The fourth-order valence-electron chi connectivity index (χ4n) is 3.90. The van der Waals surface area contributed by atoms with E-state index in [0.29, 0.717) is 0 Å². The van der Waals surface area contributed by atoms with E-state index in [1.165, 1.54) is 45.6 Å². The van der Waals surface area contributed by atoms with E-state index in [-0.39, 0.29) is 0 Å². The standard InChI is InChI=1S/C15H26N2.C2H2O4/c1-12(2)17-7-5-16(6-8-17)11-15-10-13-3-4-14(15)9-13;3-1(4)2(5)6/h3-4,12-15H,5-11H2,1-2H3;(H,3,4)(H,5,6). The Kier molecular flexibility index (Phi) is 6.18. The van der Waals surface area contributed by atoms with Crippen molar-refractivity contribution >= 4 is 11.9 Å². The fraction of sp³-hybridized carbons (Fsp3) is 0.765. The Bertz CT molecular complexity index is 444. The van der Waals surface area contributed by atoms with Crippen LogP contribution in [0.4, 0.5) is 0 Å². The summed E-state index contributed by atoms with van der Waals surface area (Å²) in [5.74, 6) is -0.828. The second kappa shape index (κ2) is 7.93. The monoisotopic (exact) mass is 324 g/mol. The highest BCUT2D eigenvalue weighted by molar-refractivity contribution is 6.27. The number of aliphatic carboxylic acids is 2. The van der Waals surface area contributed by atoms with Crippen molar-refractivity contribution in [2.75, 3.05) is 32.7 Å². The second-order valence-electron chi connectivity index (χ2n) is 7.08. The highest BCUT2D eigenvalue weighted by atomic mass is 16.4. The van der Waals surface area contributed by atoms with Crippen LogP contribution in [0.1, 0.15) is 26.7 Å². The zero-order valence-corrected chi connectivity index (χ0v) is 14.0. The molecule has 1 saturated carbocycles. The minimum atomic E-state index is -1.82. The molecule has 2 aliphatic carbocycles. The number of fused-ring (bicyclic) bond motifs is 2. The SMILES string of the molecule is CC(C)N1CCN(CC2CC3C=CC2C3)CC1.O=C(O)C(=O)O. The van der Waals surface area contributed by atoms with Gasteiger partial charge in [0.25, 0.3) is 0 Å². The third-order valence-electron chi connectivity index (χ3n) is 5.23. The van der Waals surface area contributed by atoms with Crippen molar-refractivity contribution in [3.63, 3.8) is 0 Å². The maximum absolute atomic E-state index is 9.10. The highest BCUT2D eigenvalue weighted by Gasteiger charge is 2.36. The molecule has 2 fully saturated rings. The van der Waals surface area contributed by atoms with Crippen LogP contribution >= 0.6 is 0 Å². The summed E-state index contributed by atoms with van der Waals surface area (Å²) in [6, 6.07) is 0.725. The summed E-state index contributed by atoms with van der Waals surface area (Å²) in [6.45, 7) is 11.1. The topological polar surface area (TPSA) is 81.1 Å². The van der Waals surface area contributed by atoms with Gasteiger partial charge in [0.2, 0.25) is 0 Å². The number of carboxylic acid groups (broad SMARTS) is 2. The van der Waals surface area contributed by atoms with E-state index in [9.17, 15) is 0 Å². The van der Waals surface area contributed by atoms with Crippen LogP contribution in [0.15, 0.2) is 12.2 Å². The van der Waals surface area contributed by atoms with Crippen LogP contribution in [0.25, 0.3) is 0 Å². The van der Waals surface area contributed by atoms with E-state index in [4.69, 9.17) is 19.8 Å². The maximum atomic E-state index is 9.10. The lowest BCUT2D eigenvalue weighted by Crippen LogP contribution is -2.50. The molecule has 0 aromatic rings. The number of rotatable bonds is 3. The molecule has 6 heteroatoms. The van der Waals surface area contributed by atoms with Crippen molar-refractivity contribution in [1.29, 1.82) is 0 Å². The zero-order valence-electron chi connectivity index (χ0n) is 14.0. The largest absolute Gasteiger partial charge is 0.473 e. The van der Waals surface area contributed by atoms with E-state index < -0.39 is 11.9 Å². The van der Waals surface area contributed by atoms with E-state index in [1.54, 1.807) is 0 Å². The third kappa shape index (κ3) is 5.04. The van der Waals surface area contributed by atoms with Crippen molar-refractivity contribution in [3.05, 3.63) is 12.2 Å². The molecule has 1 aliphatic heterocycles. The maximum Gasteiger partial charge on any atom is 0.414 e. The smallest absolute Gasteiger partial charge is 0.414 e. The molecule has 2 bridgehead atoms. The van der Waals surface area contributed by atoms with Crippen molar-refractivity contribution < 1.29 is 19.8 Å². The van der Waals surface area contributed by atoms with Crippen LogP contribution < -0.4 is 0 Å². The molecule has 0 radical (unpaired) electrons. The Balaban J connectivity index is 0.000000277. The van der Waals surface area contributed by atoms with Gasteiger partial charge in [-0.1, -0.05) is 12.2 Å². The highest BCUT2D eigenvalue weighted by Crippen LogP contribution is 2.43. The van der Waals surface area contributed by atoms with Gasteiger partial charge < -0.3 is 15.1 Å². The molecule has 0 aromatic heterocycles. The first-order valence-electron chi connectivity index (χ1n) is 8.47. The number of hydrogen-bond acceptors (Lipinski definition) is 4. The average molecular weight is 324 g/mol. The summed E-state index contributed by atoms with van der Waals surface area (Å²) in [5, 5.41) is 14.8. The fourth-order valence-corrected chi connectivity index (χ4v) is 3.90. The Morgan fingerprint density at radius 3 is 2.04 bits per heavy atom. The van der Waals surface area contributed by atoms with Crippen LogP contribution in [-0.4, -0.2) is 70.7 Å². The van der Waals surface area contributed by atoms with Crippen LogP contribution in [-0.2, 0) is 9.59 Å². The zero-order chi connectivity index (χ0) is 17.0. The van der Waals surface area contributed by atoms with Gasteiger partial charge in [0.1, 0.15) is 0 Å². The number of carbonyl (C=O) groups is 2. The Morgan fingerprint density at radius 1 is 1.04 bits per heavy atom. The van der Waals surface area contributed by atoms with Crippen molar-refractivity contribution in [1.82, 2.24) is 9.80 Å². The van der Waals surface area contributed by atoms with Gasteiger partial charge in [-0.15, -0.1) is 0 Å². The van der Waals surface area contributed by atoms with Crippen molar-refractivity contribution in [3.8, 4) is 0 Å². The van der Waals surface area contributed by atoms with E-state index in [1.807, 2.05) is 0 Å². The molecule has 0 amide bonds. The lowest BCUT2D eigenvalue weighted by atomic mass is 9.93. The van der Waals surface area contributed by atoms with Gasteiger partial charge in [-0.3, -0.25) is 4.90 Å². The van der Waals surface area contributed by atoms with Crippen LogP contribution in [0.3, 0.4) is 0 Å². The van der Waals surface area contributed by atoms with Crippen LogP contribution in [0.2, 0.25) is 0 Å². The summed E-state index contributed by atoms with van der Waals surface area (Å²) < 4.78 is 0.